The van der Waals surface area contributed by atoms with Crippen molar-refractivity contribution >= 4 is 27.6 Å². The lowest BCUT2D eigenvalue weighted by molar-refractivity contribution is 0.107. The van der Waals surface area contributed by atoms with E-state index in [-0.39, 0.29) is 28.5 Å². The molecular weight excluding hydrogens is 537 g/mol. The third-order valence-electron chi connectivity index (χ3n) is 9.73. The zero-order valence-electron chi connectivity index (χ0n) is 23.6. The number of phenols is 1. The molecule has 4 saturated heterocycles. The molecule has 6 heterocycles. The second-order valence-electron chi connectivity index (χ2n) is 12.4. The standard InChI is InChI=1S/C31H34FN7O3/c1-37-27(24-12-22(40)11-18-5-2-3-6-23(18)24)34-26-25(29(37)41)28(38-15-20-7-8-21(16-38)33-20)36-30(35-26)42-17-31-9-4-10-39(31)14-19(32)13-31/h2-3,5-6,11-12,19-21,33,40H,4,7-10,13-17H2,1H3/t19-,20?,21?,31+/m1/s1. The van der Waals surface area contributed by atoms with Crippen LogP contribution in [0.5, 0.6) is 11.8 Å². The molecule has 2 unspecified atom stereocenters. The number of nitrogens with one attached hydrogen (secondary N) is 1. The summed E-state index contributed by atoms with van der Waals surface area (Å²) in [5.74, 6) is 1.02. The fraction of sp³-hybridized carbons (Fsp3) is 0.484. The van der Waals surface area contributed by atoms with E-state index in [1.165, 1.54) is 4.57 Å². The van der Waals surface area contributed by atoms with Crippen LogP contribution in [0, 0.1) is 0 Å². The molecule has 2 bridgehead atoms. The summed E-state index contributed by atoms with van der Waals surface area (Å²) in [7, 11) is 1.69. The zero-order chi connectivity index (χ0) is 28.6. The molecule has 4 fully saturated rings. The Morgan fingerprint density at radius 1 is 1.12 bits per heavy atom. The molecule has 4 aliphatic rings. The number of halogens is 1. The molecule has 42 heavy (non-hydrogen) atoms. The first-order valence-corrected chi connectivity index (χ1v) is 14.9. The van der Waals surface area contributed by atoms with Crippen LogP contribution in [0.25, 0.3) is 33.2 Å². The van der Waals surface area contributed by atoms with Crippen molar-refractivity contribution in [3.05, 3.63) is 46.8 Å². The molecule has 218 valence electrons. The van der Waals surface area contributed by atoms with Crippen LogP contribution in [0.4, 0.5) is 10.2 Å². The molecule has 10 nitrogen and oxygen atoms in total. The van der Waals surface area contributed by atoms with Crippen LogP contribution in [0.15, 0.2) is 41.2 Å². The van der Waals surface area contributed by atoms with Crippen molar-refractivity contribution in [3.8, 4) is 23.1 Å². The number of hydrogen-bond donors (Lipinski definition) is 2. The molecule has 0 aliphatic carbocycles. The molecule has 2 N–H and O–H groups in total. The number of anilines is 1. The smallest absolute Gasteiger partial charge is 0.320 e. The lowest BCUT2D eigenvalue weighted by atomic mass is 9.95. The maximum atomic E-state index is 14.4. The highest BCUT2D eigenvalue weighted by Crippen LogP contribution is 2.40. The van der Waals surface area contributed by atoms with Gasteiger partial charge in [0.2, 0.25) is 0 Å². The molecule has 0 radical (unpaired) electrons. The van der Waals surface area contributed by atoms with Gasteiger partial charge < -0.3 is 20.1 Å². The largest absolute Gasteiger partial charge is 0.508 e. The monoisotopic (exact) mass is 571 g/mol. The number of ether oxygens (including phenoxy) is 1. The summed E-state index contributed by atoms with van der Waals surface area (Å²) in [6.07, 6.45) is 3.65. The van der Waals surface area contributed by atoms with Crippen molar-refractivity contribution in [1.29, 1.82) is 0 Å². The minimum absolute atomic E-state index is 0.0878. The average Bonchev–Trinajstić information content (AvgIpc) is 3.63. The van der Waals surface area contributed by atoms with E-state index >= 15 is 0 Å². The first kappa shape index (κ1) is 25.8. The molecule has 0 spiro atoms. The zero-order valence-corrected chi connectivity index (χ0v) is 23.6. The number of piperazine rings is 1. The number of nitrogens with zero attached hydrogens (tertiary/aromatic N) is 6. The molecule has 2 aromatic carbocycles. The molecule has 8 rings (SSSR count). The van der Waals surface area contributed by atoms with E-state index in [0.717, 1.165) is 56.1 Å². The summed E-state index contributed by atoms with van der Waals surface area (Å²) in [5.41, 5.74) is 0.279. The highest BCUT2D eigenvalue weighted by molar-refractivity contribution is 5.97. The van der Waals surface area contributed by atoms with E-state index in [2.05, 4.69) is 15.1 Å². The van der Waals surface area contributed by atoms with Crippen LogP contribution < -0.4 is 20.5 Å². The quantitative estimate of drug-likeness (QED) is 0.374. The summed E-state index contributed by atoms with van der Waals surface area (Å²) in [5, 5.41) is 16.2. The first-order valence-electron chi connectivity index (χ1n) is 14.9. The van der Waals surface area contributed by atoms with Gasteiger partial charge in [-0.25, -0.2) is 9.37 Å². The maximum Gasteiger partial charge on any atom is 0.320 e. The fourth-order valence-corrected chi connectivity index (χ4v) is 7.76. The SMILES string of the molecule is Cn1c(-c2cc(O)cc3ccccc23)nc2nc(OC[C@@]34CCCN3C[C@H](F)C4)nc(N3CC4CCC(C3)N4)c2c1=O. The van der Waals surface area contributed by atoms with Crippen molar-refractivity contribution < 1.29 is 14.2 Å². The van der Waals surface area contributed by atoms with Crippen LogP contribution in [0.3, 0.4) is 0 Å². The lowest BCUT2D eigenvalue weighted by Gasteiger charge is -2.34. The van der Waals surface area contributed by atoms with Crippen molar-refractivity contribution in [2.24, 2.45) is 7.05 Å². The van der Waals surface area contributed by atoms with Gasteiger partial charge in [0.25, 0.3) is 5.56 Å². The second-order valence-corrected chi connectivity index (χ2v) is 12.4. The molecule has 11 heteroatoms. The highest BCUT2D eigenvalue weighted by atomic mass is 19.1. The number of alkyl halides is 1. The number of fused-ring (bicyclic) bond motifs is 5. The first-order chi connectivity index (χ1) is 20.4. The van der Waals surface area contributed by atoms with Crippen molar-refractivity contribution in [1.82, 2.24) is 29.7 Å². The number of benzene rings is 2. The summed E-state index contributed by atoms with van der Waals surface area (Å²) >= 11 is 0. The van der Waals surface area contributed by atoms with Crippen molar-refractivity contribution in [2.75, 3.05) is 37.7 Å². The van der Waals surface area contributed by atoms with E-state index < -0.39 is 6.17 Å². The van der Waals surface area contributed by atoms with Crippen LogP contribution in [-0.4, -0.2) is 86.1 Å². The molecule has 4 atom stereocenters. The van der Waals surface area contributed by atoms with Gasteiger partial charge in [-0.15, -0.1) is 0 Å². The van der Waals surface area contributed by atoms with E-state index in [0.29, 0.717) is 54.2 Å². The van der Waals surface area contributed by atoms with E-state index in [4.69, 9.17) is 19.7 Å². The summed E-state index contributed by atoms with van der Waals surface area (Å²) in [4.78, 5) is 32.9. The average molecular weight is 572 g/mol. The van der Waals surface area contributed by atoms with Crippen molar-refractivity contribution in [3.63, 3.8) is 0 Å². The number of rotatable bonds is 5. The number of aromatic hydroxyl groups is 1. The Bertz CT molecular complexity index is 1770. The summed E-state index contributed by atoms with van der Waals surface area (Å²) < 4.78 is 22.2. The second kappa shape index (κ2) is 9.60. The maximum absolute atomic E-state index is 14.4. The van der Waals surface area contributed by atoms with Gasteiger partial charge in [0.1, 0.15) is 29.7 Å². The van der Waals surface area contributed by atoms with Gasteiger partial charge in [0.15, 0.2) is 11.5 Å². The van der Waals surface area contributed by atoms with Gasteiger partial charge in [0, 0.05) is 50.7 Å². The molecule has 4 aliphatic heterocycles. The Morgan fingerprint density at radius 2 is 1.93 bits per heavy atom. The predicted molar refractivity (Wildman–Crippen MR) is 158 cm³/mol. The van der Waals surface area contributed by atoms with Gasteiger partial charge >= 0.3 is 6.01 Å². The fourth-order valence-electron chi connectivity index (χ4n) is 7.76. The Hall–Kier alpha value is -3.83. The van der Waals surface area contributed by atoms with E-state index in [9.17, 15) is 14.3 Å². The molecule has 0 saturated carbocycles. The third-order valence-corrected chi connectivity index (χ3v) is 9.73. The minimum Gasteiger partial charge on any atom is -0.508 e. The number of phenolic OH excluding ortho intramolecular Hbond substituents is 1. The topological polar surface area (TPSA) is 109 Å². The molecule has 2 aromatic heterocycles. The van der Waals surface area contributed by atoms with Gasteiger partial charge in [-0.3, -0.25) is 14.3 Å². The minimum atomic E-state index is -0.859. The molecule has 4 aromatic rings. The van der Waals surface area contributed by atoms with Gasteiger partial charge in [-0.1, -0.05) is 24.3 Å². The van der Waals surface area contributed by atoms with Gasteiger partial charge in [0.05, 0.1) is 5.54 Å². The normalized spacial score (nSPS) is 27.3. The lowest BCUT2D eigenvalue weighted by Crippen LogP contribution is -2.51. The van der Waals surface area contributed by atoms with E-state index in [1.54, 1.807) is 19.2 Å². The van der Waals surface area contributed by atoms with Crippen LogP contribution in [0.1, 0.15) is 32.1 Å². The van der Waals surface area contributed by atoms with Crippen LogP contribution in [-0.2, 0) is 7.05 Å². The van der Waals surface area contributed by atoms with Gasteiger partial charge in [-0.05, 0) is 55.1 Å². The van der Waals surface area contributed by atoms with Crippen LogP contribution >= 0.6 is 0 Å². The Labute approximate surface area is 242 Å². The summed E-state index contributed by atoms with van der Waals surface area (Å²) in [6, 6.07) is 11.8. The number of hydrogen-bond acceptors (Lipinski definition) is 9. The van der Waals surface area contributed by atoms with Gasteiger partial charge in [-0.2, -0.15) is 9.97 Å². The van der Waals surface area contributed by atoms with Crippen LogP contribution in [0.2, 0.25) is 0 Å². The number of aromatic nitrogens is 4. The van der Waals surface area contributed by atoms with E-state index in [1.807, 2.05) is 24.3 Å². The molecular formula is C31H34FN7O3. The Kier molecular flexibility index (Phi) is 5.91. The molecule has 0 amide bonds. The Morgan fingerprint density at radius 3 is 2.76 bits per heavy atom. The van der Waals surface area contributed by atoms with Crippen molar-refractivity contribution in [2.45, 2.75) is 55.9 Å². The predicted octanol–water partition coefficient (Wildman–Crippen LogP) is 3.15. The Balaban J connectivity index is 1.27. The summed E-state index contributed by atoms with van der Waals surface area (Å²) in [6.45, 7) is 3.06. The highest BCUT2D eigenvalue weighted by Gasteiger charge is 2.49. The third kappa shape index (κ3) is 4.12.